The zero-order valence-electron chi connectivity index (χ0n) is 8.75. The van der Waals surface area contributed by atoms with Crippen molar-refractivity contribution in [1.82, 2.24) is 4.98 Å². The van der Waals surface area contributed by atoms with Crippen molar-refractivity contribution in [3.05, 3.63) is 49.1 Å². The van der Waals surface area contributed by atoms with Crippen LogP contribution in [0.25, 0.3) is 11.1 Å². The maximum atomic E-state index is 8.78. The fourth-order valence-corrected chi connectivity index (χ4v) is 1.46. The number of nitrogens with zero attached hydrogens (tertiary/aromatic N) is 2. The minimum Gasteiger partial charge on any atom is -1.00 e. The minimum atomic E-state index is 0. The summed E-state index contributed by atoms with van der Waals surface area (Å²) in [6.07, 6.45) is 7.49. The van der Waals surface area contributed by atoms with Gasteiger partial charge in [0.1, 0.15) is 6.61 Å². The maximum Gasteiger partial charge on any atom is 0.171 e. The lowest BCUT2D eigenvalue weighted by atomic mass is 10.1. The molecule has 0 saturated heterocycles. The number of rotatable bonds is 3. The molecule has 0 atom stereocenters. The molecule has 84 valence electrons. The lowest BCUT2D eigenvalue weighted by Gasteiger charge is -1.99. The molecule has 0 unspecified atom stereocenters. The van der Waals surface area contributed by atoms with Crippen LogP contribution in [0.4, 0.5) is 0 Å². The fraction of sp³-hybridized carbons (Fsp3) is 0.167. The number of hydrogen-bond acceptors (Lipinski definition) is 2. The molecule has 3 nitrogen and oxygen atoms in total. The average molecular weight is 281 g/mol. The largest absolute Gasteiger partial charge is 1.00 e. The molecule has 0 aliphatic heterocycles. The van der Waals surface area contributed by atoms with Crippen LogP contribution in [-0.4, -0.2) is 16.7 Å². The van der Waals surface area contributed by atoms with Gasteiger partial charge in [-0.05, 0) is 23.3 Å². The van der Waals surface area contributed by atoms with Gasteiger partial charge in [0, 0.05) is 24.5 Å². The SMILES string of the molecule is OCC[n+]1ccc(-c2ccncc2)cc1.[Br-]. The minimum absolute atomic E-state index is 0. The highest BCUT2D eigenvalue weighted by atomic mass is 79.9. The van der Waals surface area contributed by atoms with E-state index in [1.165, 1.54) is 0 Å². The molecule has 0 saturated carbocycles. The molecule has 0 bridgehead atoms. The Morgan fingerprint density at radius 3 is 2.12 bits per heavy atom. The molecule has 4 heteroatoms. The van der Waals surface area contributed by atoms with Crippen LogP contribution < -0.4 is 21.5 Å². The molecule has 0 aliphatic carbocycles. The third kappa shape index (κ3) is 3.12. The van der Waals surface area contributed by atoms with Gasteiger partial charge in [0.05, 0.1) is 0 Å². The first-order valence-electron chi connectivity index (χ1n) is 4.90. The van der Waals surface area contributed by atoms with Gasteiger partial charge >= 0.3 is 0 Å². The molecule has 0 aliphatic rings. The van der Waals surface area contributed by atoms with E-state index in [1.807, 2.05) is 41.2 Å². The van der Waals surface area contributed by atoms with E-state index in [1.54, 1.807) is 12.4 Å². The van der Waals surface area contributed by atoms with Crippen LogP contribution in [0.3, 0.4) is 0 Å². The Morgan fingerprint density at radius 1 is 1.00 bits per heavy atom. The van der Waals surface area contributed by atoms with Crippen LogP contribution in [0.1, 0.15) is 0 Å². The number of halogens is 1. The Hall–Kier alpha value is -1.26. The summed E-state index contributed by atoms with van der Waals surface area (Å²) in [6.45, 7) is 0.801. The van der Waals surface area contributed by atoms with Crippen molar-refractivity contribution in [3.8, 4) is 11.1 Å². The molecule has 16 heavy (non-hydrogen) atoms. The van der Waals surface area contributed by atoms with E-state index >= 15 is 0 Å². The van der Waals surface area contributed by atoms with E-state index in [2.05, 4.69) is 4.98 Å². The molecule has 0 radical (unpaired) electrons. The average Bonchev–Trinajstić information content (AvgIpc) is 2.32. The second-order valence-electron chi connectivity index (χ2n) is 3.28. The number of aromatic nitrogens is 2. The van der Waals surface area contributed by atoms with Gasteiger partial charge in [0.25, 0.3) is 0 Å². The van der Waals surface area contributed by atoms with Gasteiger partial charge in [-0.25, -0.2) is 4.57 Å². The van der Waals surface area contributed by atoms with Crippen molar-refractivity contribution in [2.75, 3.05) is 6.61 Å². The summed E-state index contributed by atoms with van der Waals surface area (Å²) in [6, 6.07) is 8.02. The Kier molecular flexibility index (Phi) is 5.08. The van der Waals surface area contributed by atoms with Crippen molar-refractivity contribution >= 4 is 0 Å². The molecule has 0 fully saturated rings. The summed E-state index contributed by atoms with van der Waals surface area (Å²) in [5.74, 6) is 0. The number of aliphatic hydroxyl groups excluding tert-OH is 1. The van der Waals surface area contributed by atoms with Gasteiger partial charge in [0.15, 0.2) is 18.9 Å². The van der Waals surface area contributed by atoms with Crippen LogP contribution >= 0.6 is 0 Å². The van der Waals surface area contributed by atoms with Crippen molar-refractivity contribution in [3.63, 3.8) is 0 Å². The molecule has 2 aromatic heterocycles. The van der Waals surface area contributed by atoms with Crippen LogP contribution in [0.15, 0.2) is 49.1 Å². The lowest BCUT2D eigenvalue weighted by Crippen LogP contribution is -3.00. The highest BCUT2D eigenvalue weighted by Crippen LogP contribution is 2.15. The van der Waals surface area contributed by atoms with Crippen molar-refractivity contribution in [1.29, 1.82) is 0 Å². The quantitative estimate of drug-likeness (QED) is 0.663. The molecule has 2 aromatic rings. The first kappa shape index (κ1) is 12.8. The molecule has 1 N–H and O–H groups in total. The van der Waals surface area contributed by atoms with E-state index in [-0.39, 0.29) is 23.6 Å². The predicted molar refractivity (Wildman–Crippen MR) is 57.0 cm³/mol. The smallest absolute Gasteiger partial charge is 0.171 e. The second kappa shape index (κ2) is 6.35. The van der Waals surface area contributed by atoms with Gasteiger partial charge in [-0.1, -0.05) is 0 Å². The molecule has 0 aromatic carbocycles. The van der Waals surface area contributed by atoms with Gasteiger partial charge < -0.3 is 22.1 Å². The molecule has 2 heterocycles. The second-order valence-corrected chi connectivity index (χ2v) is 3.28. The standard InChI is InChI=1S/C12H13N2O.BrH/c15-10-9-14-7-3-12(4-8-14)11-1-5-13-6-2-11;/h1-8,15H,9-10H2;1H/q+1;/p-1. The Labute approximate surface area is 105 Å². The summed E-state index contributed by atoms with van der Waals surface area (Å²) in [5, 5.41) is 8.78. The Balaban J connectivity index is 0.00000128. The molecular weight excluding hydrogens is 268 g/mol. The topological polar surface area (TPSA) is 37.0 Å². The zero-order valence-corrected chi connectivity index (χ0v) is 10.3. The van der Waals surface area contributed by atoms with E-state index in [0.29, 0.717) is 6.54 Å². The van der Waals surface area contributed by atoms with Crippen LogP contribution in [-0.2, 0) is 6.54 Å². The van der Waals surface area contributed by atoms with Crippen molar-refractivity contribution in [2.45, 2.75) is 6.54 Å². The normalized spacial score (nSPS) is 9.56. The molecule has 0 spiro atoms. The summed E-state index contributed by atoms with van der Waals surface area (Å²) in [5.41, 5.74) is 2.31. The van der Waals surface area contributed by atoms with E-state index in [9.17, 15) is 0 Å². The zero-order chi connectivity index (χ0) is 10.5. The van der Waals surface area contributed by atoms with Crippen molar-refractivity contribution in [2.24, 2.45) is 0 Å². The fourth-order valence-electron chi connectivity index (χ4n) is 1.46. The monoisotopic (exact) mass is 280 g/mol. The highest BCUT2D eigenvalue weighted by molar-refractivity contribution is 5.61. The van der Waals surface area contributed by atoms with Gasteiger partial charge in [-0.15, -0.1) is 0 Å². The summed E-state index contributed by atoms with van der Waals surface area (Å²) < 4.78 is 1.95. The Bertz CT molecular complexity index is 417. The first-order valence-corrected chi connectivity index (χ1v) is 4.90. The van der Waals surface area contributed by atoms with E-state index in [4.69, 9.17) is 5.11 Å². The maximum absolute atomic E-state index is 8.78. The summed E-state index contributed by atoms with van der Waals surface area (Å²) >= 11 is 0. The third-order valence-electron chi connectivity index (χ3n) is 2.26. The van der Waals surface area contributed by atoms with Crippen LogP contribution in [0.2, 0.25) is 0 Å². The summed E-state index contributed by atoms with van der Waals surface area (Å²) in [4.78, 5) is 3.98. The Morgan fingerprint density at radius 2 is 1.56 bits per heavy atom. The summed E-state index contributed by atoms with van der Waals surface area (Å²) in [7, 11) is 0. The predicted octanol–water partition coefficient (Wildman–Crippen LogP) is -1.97. The van der Waals surface area contributed by atoms with E-state index in [0.717, 1.165) is 11.1 Å². The van der Waals surface area contributed by atoms with Gasteiger partial charge in [-0.2, -0.15) is 0 Å². The van der Waals surface area contributed by atoms with Crippen LogP contribution in [0, 0.1) is 0 Å². The van der Waals surface area contributed by atoms with E-state index < -0.39 is 0 Å². The van der Waals surface area contributed by atoms with Gasteiger partial charge in [0.2, 0.25) is 0 Å². The number of pyridine rings is 2. The van der Waals surface area contributed by atoms with Gasteiger partial charge in [-0.3, -0.25) is 4.98 Å². The first-order chi connectivity index (χ1) is 7.40. The lowest BCUT2D eigenvalue weighted by molar-refractivity contribution is -0.698. The molecule has 2 rings (SSSR count). The third-order valence-corrected chi connectivity index (χ3v) is 2.26. The highest BCUT2D eigenvalue weighted by Gasteiger charge is 2.01. The van der Waals surface area contributed by atoms with Crippen molar-refractivity contribution < 1.29 is 26.7 Å². The molecule has 0 amide bonds. The number of aliphatic hydroxyl groups is 1. The molecular formula is C12H13BrN2O. The number of hydrogen-bond donors (Lipinski definition) is 1. The van der Waals surface area contributed by atoms with Crippen LogP contribution in [0.5, 0.6) is 0 Å².